The zero-order valence-corrected chi connectivity index (χ0v) is 24.3. The molecular weight excluding hydrogens is 547 g/mol. The van der Waals surface area contributed by atoms with Crippen molar-refractivity contribution in [2.75, 3.05) is 13.2 Å². The first-order valence-corrected chi connectivity index (χ1v) is 15.3. The lowest BCUT2D eigenvalue weighted by Crippen LogP contribution is -2.35. The molecule has 0 spiro atoms. The van der Waals surface area contributed by atoms with Crippen molar-refractivity contribution in [3.8, 4) is 11.4 Å². The fourth-order valence-corrected chi connectivity index (χ4v) is 8.68. The van der Waals surface area contributed by atoms with Crippen LogP contribution in [-0.2, 0) is 19.1 Å². The highest BCUT2D eigenvalue weighted by Gasteiger charge is 2.53. The van der Waals surface area contributed by atoms with E-state index in [9.17, 15) is 9.59 Å². The third kappa shape index (κ3) is 7.03. The summed E-state index contributed by atoms with van der Waals surface area (Å²) in [7, 11) is -2.74. The second-order valence-corrected chi connectivity index (χ2v) is 12.1. The quantitative estimate of drug-likeness (QED) is 0.143. The topological polar surface area (TPSA) is 105 Å². The minimum atomic E-state index is -2.74. The first-order chi connectivity index (χ1) is 20.6. The Balaban J connectivity index is 0.000000305. The number of hydrogen-bond donors (Lipinski definition) is 0. The molecule has 42 heavy (non-hydrogen) atoms. The van der Waals surface area contributed by atoms with Gasteiger partial charge in [-0.1, -0.05) is 84.9 Å². The van der Waals surface area contributed by atoms with E-state index in [1.54, 1.807) is 13.8 Å². The van der Waals surface area contributed by atoms with Gasteiger partial charge in [-0.2, -0.15) is 5.21 Å². The van der Waals surface area contributed by atoms with Crippen molar-refractivity contribution in [2.24, 2.45) is 0 Å². The summed E-state index contributed by atoms with van der Waals surface area (Å²) < 4.78 is 10.7. The predicted octanol–water partition coefficient (Wildman–Crippen LogP) is 4.49. The molecule has 1 heterocycles. The molecule has 0 fully saturated rings. The van der Waals surface area contributed by atoms with E-state index < -0.39 is 19.2 Å². The van der Waals surface area contributed by atoms with E-state index in [-0.39, 0.29) is 13.2 Å². The molecule has 0 N–H and O–H groups in total. The van der Waals surface area contributed by atoms with Crippen molar-refractivity contribution in [2.45, 2.75) is 13.8 Å². The molecule has 0 aliphatic carbocycles. The van der Waals surface area contributed by atoms with Gasteiger partial charge in [-0.15, -0.1) is 0 Å². The normalized spacial score (nSPS) is 11.1. The summed E-state index contributed by atoms with van der Waals surface area (Å²) in [6.45, 7) is 3.92. The Labute approximate surface area is 245 Å². The van der Waals surface area contributed by atoms with Gasteiger partial charge in [-0.25, -0.2) is 9.59 Å². The molecule has 8 nitrogen and oxygen atoms in total. The van der Waals surface area contributed by atoms with Gasteiger partial charge in [-0.3, -0.25) is 10.3 Å². The Morgan fingerprint density at radius 3 is 1.55 bits per heavy atom. The van der Waals surface area contributed by atoms with Gasteiger partial charge in [0.2, 0.25) is 5.31 Å². The number of rotatable bonds is 9. The number of esters is 2. The van der Waals surface area contributed by atoms with Crippen LogP contribution < -0.4 is 21.0 Å². The average molecular weight is 579 g/mol. The fourth-order valence-electron chi connectivity index (χ4n) is 4.46. The zero-order chi connectivity index (χ0) is 29.6. The summed E-state index contributed by atoms with van der Waals surface area (Å²) in [5.41, 5.74) is 0.942. The highest BCUT2D eigenvalue weighted by atomic mass is 31.2. The lowest BCUT2D eigenvalue weighted by Gasteiger charge is -2.28. The number of benzene rings is 4. The van der Waals surface area contributed by atoms with E-state index in [0.29, 0.717) is 11.1 Å². The van der Waals surface area contributed by atoms with Gasteiger partial charge in [0.15, 0.2) is 7.26 Å². The van der Waals surface area contributed by atoms with Crippen molar-refractivity contribution in [1.29, 1.82) is 0 Å². The number of nitrogens with zero attached hydrogens (tertiary/aromatic N) is 4. The Bertz CT molecular complexity index is 1470. The van der Waals surface area contributed by atoms with Crippen molar-refractivity contribution < 1.29 is 19.1 Å². The highest BCUT2D eigenvalue weighted by Crippen LogP contribution is 2.62. The largest absolute Gasteiger partial charge is 0.463 e. The first kappa shape index (κ1) is 30.0. The van der Waals surface area contributed by atoms with E-state index in [4.69, 9.17) is 9.47 Å². The van der Waals surface area contributed by atoms with Gasteiger partial charge < -0.3 is 14.6 Å². The molecule has 5 aromatic rings. The lowest BCUT2D eigenvalue weighted by molar-refractivity contribution is -0.140. The monoisotopic (exact) mass is 578 g/mol. The Kier molecular flexibility index (Phi) is 10.8. The molecule has 0 saturated heterocycles. The number of carbonyl (C=O) groups is 2. The maximum absolute atomic E-state index is 13.4. The summed E-state index contributed by atoms with van der Waals surface area (Å²) in [6, 6.07) is 39.1. The third-order valence-corrected chi connectivity index (χ3v) is 10.4. The molecule has 4 aromatic carbocycles. The van der Waals surface area contributed by atoms with Gasteiger partial charge in [0.05, 0.1) is 19.3 Å². The van der Waals surface area contributed by atoms with Gasteiger partial charge >= 0.3 is 11.9 Å². The van der Waals surface area contributed by atoms with E-state index in [1.165, 1.54) is 6.08 Å². The molecule has 0 atom stereocenters. The average Bonchev–Trinajstić information content (AvgIpc) is 3.59. The van der Waals surface area contributed by atoms with Crippen LogP contribution in [0.3, 0.4) is 0 Å². The van der Waals surface area contributed by atoms with Gasteiger partial charge in [0, 0.05) is 5.82 Å². The molecule has 0 aliphatic heterocycles. The summed E-state index contributed by atoms with van der Waals surface area (Å²) in [6.07, 6.45) is 1.32. The van der Waals surface area contributed by atoms with E-state index in [0.717, 1.165) is 21.5 Å². The van der Waals surface area contributed by atoms with Gasteiger partial charge in [-0.05, 0) is 55.8 Å². The second kappa shape index (κ2) is 15.2. The number of aromatic nitrogens is 4. The van der Waals surface area contributed by atoms with Crippen molar-refractivity contribution >= 4 is 35.1 Å². The Morgan fingerprint density at radius 2 is 1.14 bits per heavy atom. The van der Waals surface area contributed by atoms with Crippen LogP contribution in [0.5, 0.6) is 0 Å². The van der Waals surface area contributed by atoms with E-state index in [1.807, 2.05) is 121 Å². The van der Waals surface area contributed by atoms with Crippen LogP contribution in [0, 0.1) is 0 Å². The van der Waals surface area contributed by atoms with Crippen LogP contribution in [0.4, 0.5) is 0 Å². The summed E-state index contributed by atoms with van der Waals surface area (Å²) in [4.78, 5) is 26.0. The van der Waals surface area contributed by atoms with E-state index >= 15 is 0 Å². The Hall–Kier alpha value is -4.94. The molecular formula is C33H31N4O4P. The SMILES string of the molecule is CCOC(=O)/C=C(/C(=O)OCC)[P+](c1ccccc1)(c1ccccc1)c1ccccc1.c1ccc(-c2nnn[n-]2)cc1. The van der Waals surface area contributed by atoms with Crippen LogP contribution in [-0.4, -0.2) is 40.7 Å². The summed E-state index contributed by atoms with van der Waals surface area (Å²) in [5.74, 6) is -0.497. The molecule has 0 bridgehead atoms. The highest BCUT2D eigenvalue weighted by molar-refractivity contribution is 7.99. The molecule has 9 heteroatoms. The van der Waals surface area contributed by atoms with Crippen LogP contribution in [0.15, 0.2) is 133 Å². The predicted molar refractivity (Wildman–Crippen MR) is 165 cm³/mol. The van der Waals surface area contributed by atoms with Crippen LogP contribution in [0.2, 0.25) is 0 Å². The van der Waals surface area contributed by atoms with Gasteiger partial charge in [0.1, 0.15) is 15.9 Å². The second-order valence-electron chi connectivity index (χ2n) is 8.75. The van der Waals surface area contributed by atoms with Crippen LogP contribution >= 0.6 is 7.26 Å². The number of carbonyl (C=O) groups excluding carboxylic acids is 2. The smallest absolute Gasteiger partial charge is 0.375 e. The molecule has 5 rings (SSSR count). The molecule has 0 aliphatic rings. The van der Waals surface area contributed by atoms with Crippen LogP contribution in [0.1, 0.15) is 13.8 Å². The molecule has 1 aromatic heterocycles. The number of ether oxygens (including phenoxy) is 2. The van der Waals surface area contributed by atoms with Crippen molar-refractivity contribution in [3.63, 3.8) is 0 Å². The van der Waals surface area contributed by atoms with Crippen LogP contribution in [0.25, 0.3) is 11.4 Å². The van der Waals surface area contributed by atoms with Gasteiger partial charge in [0.25, 0.3) is 0 Å². The molecule has 0 radical (unpaired) electrons. The minimum Gasteiger partial charge on any atom is -0.463 e. The molecule has 0 saturated carbocycles. The number of hydrogen-bond acceptors (Lipinski definition) is 7. The van der Waals surface area contributed by atoms with Crippen molar-refractivity contribution in [3.05, 3.63) is 133 Å². The lowest BCUT2D eigenvalue weighted by atomic mass is 10.2. The molecule has 0 amide bonds. The molecule has 212 valence electrons. The minimum absolute atomic E-state index is 0.206. The fraction of sp³-hybridized carbons (Fsp3) is 0.121. The molecule has 0 unspecified atom stereocenters. The standard InChI is InChI=1S/C26H26O4P.C7H5N4/c1-3-29-25(27)20-24(26(28)30-4-2)31(21-14-8-5-9-15-21,22-16-10-6-11-17-22)23-18-12-7-13-19-23;1-2-4-6(5-3-1)7-8-10-11-9-7/h5-20H,3-4H2,1-2H3;1-5H/q+1;-1/b24-20-;. The number of tetrazole rings is 1. The zero-order valence-electron chi connectivity index (χ0n) is 23.4. The summed E-state index contributed by atoms with van der Waals surface area (Å²) >= 11 is 0. The summed E-state index contributed by atoms with van der Waals surface area (Å²) in [5, 5.41) is 17.4. The first-order valence-electron chi connectivity index (χ1n) is 13.5. The van der Waals surface area contributed by atoms with E-state index in [2.05, 4.69) is 20.6 Å². The van der Waals surface area contributed by atoms with Crippen molar-refractivity contribution in [1.82, 2.24) is 20.6 Å². The Morgan fingerprint density at radius 1 is 0.690 bits per heavy atom. The maximum atomic E-state index is 13.4. The third-order valence-electron chi connectivity index (χ3n) is 6.17. The maximum Gasteiger partial charge on any atom is 0.375 e.